The molecule has 1 nitrogen and oxygen atoms in total. The van der Waals surface area contributed by atoms with Gasteiger partial charge in [0.25, 0.3) is 0 Å². The van der Waals surface area contributed by atoms with Crippen LogP contribution in [0.3, 0.4) is 0 Å². The lowest BCUT2D eigenvalue weighted by atomic mass is 10.1. The van der Waals surface area contributed by atoms with Crippen LogP contribution in [-0.4, -0.2) is 6.04 Å². The molecule has 0 radical (unpaired) electrons. The van der Waals surface area contributed by atoms with Gasteiger partial charge in [-0.2, -0.15) is 0 Å². The molecule has 14 heavy (non-hydrogen) atoms. The summed E-state index contributed by atoms with van der Waals surface area (Å²) in [5, 5.41) is 4.38. The van der Waals surface area contributed by atoms with Crippen molar-refractivity contribution in [3.8, 4) is 0 Å². The first-order valence-corrected chi connectivity index (χ1v) is 5.53. The fourth-order valence-electron chi connectivity index (χ4n) is 1.64. The minimum atomic E-state index is 0.715. The van der Waals surface area contributed by atoms with Crippen molar-refractivity contribution in [2.75, 3.05) is 0 Å². The molecule has 2 rings (SSSR count). The van der Waals surface area contributed by atoms with Crippen LogP contribution >= 0.6 is 11.6 Å². The van der Waals surface area contributed by atoms with Crippen molar-refractivity contribution in [1.29, 1.82) is 0 Å². The molecule has 0 bridgehead atoms. The summed E-state index contributed by atoms with van der Waals surface area (Å²) < 4.78 is 0. The molecule has 0 heterocycles. The first-order chi connectivity index (χ1) is 6.66. The first-order valence-electron chi connectivity index (χ1n) is 5.15. The van der Waals surface area contributed by atoms with Gasteiger partial charge in [0.05, 0.1) is 0 Å². The molecule has 1 N–H and O–H groups in total. The lowest BCUT2D eigenvalue weighted by Gasteiger charge is -2.06. The minimum Gasteiger partial charge on any atom is -0.310 e. The van der Waals surface area contributed by atoms with Gasteiger partial charge in [0.15, 0.2) is 0 Å². The van der Waals surface area contributed by atoms with Gasteiger partial charge in [-0.05, 0) is 36.5 Å². The molecule has 2 unspecified atom stereocenters. The van der Waals surface area contributed by atoms with Gasteiger partial charge in [0.2, 0.25) is 0 Å². The Morgan fingerprint density at radius 2 is 2.21 bits per heavy atom. The van der Waals surface area contributed by atoms with Crippen molar-refractivity contribution in [3.63, 3.8) is 0 Å². The number of rotatable bonds is 3. The van der Waals surface area contributed by atoms with Crippen LogP contribution in [0.1, 0.15) is 24.5 Å². The highest BCUT2D eigenvalue weighted by atomic mass is 35.5. The quantitative estimate of drug-likeness (QED) is 0.807. The Balaban J connectivity index is 1.95. The van der Waals surface area contributed by atoms with E-state index < -0.39 is 0 Å². The Labute approximate surface area is 90.5 Å². The van der Waals surface area contributed by atoms with Crippen molar-refractivity contribution in [2.45, 2.75) is 32.9 Å². The zero-order valence-corrected chi connectivity index (χ0v) is 9.43. The molecule has 0 aromatic heterocycles. The van der Waals surface area contributed by atoms with Crippen molar-refractivity contribution in [1.82, 2.24) is 5.32 Å². The topological polar surface area (TPSA) is 12.0 Å². The predicted molar refractivity (Wildman–Crippen MR) is 60.6 cm³/mol. The third-order valence-corrected chi connectivity index (χ3v) is 3.22. The molecular weight excluding hydrogens is 194 g/mol. The second-order valence-electron chi connectivity index (χ2n) is 4.30. The lowest BCUT2D eigenvalue weighted by molar-refractivity contribution is 0.652. The highest BCUT2D eigenvalue weighted by Crippen LogP contribution is 2.29. The molecule has 0 amide bonds. The zero-order valence-electron chi connectivity index (χ0n) is 8.68. The van der Waals surface area contributed by atoms with E-state index in [2.05, 4.69) is 31.3 Å². The van der Waals surface area contributed by atoms with E-state index in [-0.39, 0.29) is 0 Å². The highest BCUT2D eigenvalue weighted by molar-refractivity contribution is 6.31. The summed E-state index contributed by atoms with van der Waals surface area (Å²) in [6, 6.07) is 6.96. The fourth-order valence-corrected chi connectivity index (χ4v) is 1.95. The van der Waals surface area contributed by atoms with E-state index >= 15 is 0 Å². The number of halogens is 1. The number of benzene rings is 1. The van der Waals surface area contributed by atoms with Gasteiger partial charge in [0.1, 0.15) is 0 Å². The van der Waals surface area contributed by atoms with E-state index in [1.807, 2.05) is 6.07 Å². The largest absolute Gasteiger partial charge is 0.310 e. The van der Waals surface area contributed by atoms with Crippen LogP contribution in [0.25, 0.3) is 0 Å². The van der Waals surface area contributed by atoms with Crippen LogP contribution < -0.4 is 5.32 Å². The summed E-state index contributed by atoms with van der Waals surface area (Å²) in [5.41, 5.74) is 2.43. The Kier molecular flexibility index (Phi) is 2.80. The van der Waals surface area contributed by atoms with Crippen LogP contribution in [0.5, 0.6) is 0 Å². The molecule has 1 aliphatic carbocycles. The summed E-state index contributed by atoms with van der Waals surface area (Å²) in [7, 11) is 0. The third kappa shape index (κ3) is 2.28. The van der Waals surface area contributed by atoms with Crippen LogP contribution in [0, 0.1) is 12.8 Å². The highest BCUT2D eigenvalue weighted by Gasteiger charge is 2.31. The lowest BCUT2D eigenvalue weighted by Crippen LogP contribution is -2.17. The molecule has 76 valence electrons. The maximum atomic E-state index is 6.13. The third-order valence-electron chi connectivity index (χ3n) is 2.87. The average Bonchev–Trinajstić information content (AvgIpc) is 2.80. The average molecular weight is 210 g/mol. The van der Waals surface area contributed by atoms with E-state index in [0.29, 0.717) is 6.04 Å². The monoisotopic (exact) mass is 209 g/mol. The number of aryl methyl sites for hydroxylation is 1. The summed E-state index contributed by atoms with van der Waals surface area (Å²) in [4.78, 5) is 0. The van der Waals surface area contributed by atoms with Crippen LogP contribution in [-0.2, 0) is 6.54 Å². The second kappa shape index (κ2) is 3.92. The van der Waals surface area contributed by atoms with Crippen molar-refractivity contribution in [3.05, 3.63) is 34.3 Å². The molecule has 1 aromatic rings. The maximum absolute atomic E-state index is 6.13. The van der Waals surface area contributed by atoms with Gasteiger partial charge in [-0.15, -0.1) is 0 Å². The van der Waals surface area contributed by atoms with Gasteiger partial charge in [-0.3, -0.25) is 0 Å². The van der Waals surface area contributed by atoms with Gasteiger partial charge in [-0.1, -0.05) is 30.7 Å². The molecule has 1 fully saturated rings. The number of hydrogen-bond acceptors (Lipinski definition) is 1. The molecule has 1 aromatic carbocycles. The van der Waals surface area contributed by atoms with E-state index in [1.165, 1.54) is 17.5 Å². The first kappa shape index (κ1) is 10.0. The Hall–Kier alpha value is -0.530. The molecule has 1 saturated carbocycles. The fraction of sp³-hybridized carbons (Fsp3) is 0.500. The Morgan fingerprint density at radius 3 is 2.79 bits per heavy atom. The number of hydrogen-bond donors (Lipinski definition) is 1. The summed E-state index contributed by atoms with van der Waals surface area (Å²) in [6.45, 7) is 5.23. The van der Waals surface area contributed by atoms with Gasteiger partial charge < -0.3 is 5.32 Å². The predicted octanol–water partition coefficient (Wildman–Crippen LogP) is 3.15. The van der Waals surface area contributed by atoms with Crippen molar-refractivity contribution < 1.29 is 0 Å². The Bertz CT molecular complexity index is 335. The molecule has 2 atom stereocenters. The number of nitrogens with one attached hydrogen (secondary N) is 1. The molecule has 0 spiro atoms. The summed E-state index contributed by atoms with van der Waals surface area (Å²) in [6.07, 6.45) is 1.31. The normalized spacial score (nSPS) is 25.1. The standard InChI is InChI=1S/C12H16ClN/c1-8-3-4-10(11(13)5-8)7-14-12-6-9(12)2/h3-5,9,12,14H,6-7H2,1-2H3. The van der Waals surface area contributed by atoms with Crippen LogP contribution in [0.15, 0.2) is 18.2 Å². The summed E-state index contributed by atoms with van der Waals surface area (Å²) in [5.74, 6) is 0.847. The SMILES string of the molecule is Cc1ccc(CNC2CC2C)c(Cl)c1. The van der Waals surface area contributed by atoms with E-state index in [0.717, 1.165) is 17.5 Å². The maximum Gasteiger partial charge on any atom is 0.0453 e. The molecule has 1 aliphatic rings. The van der Waals surface area contributed by atoms with Crippen molar-refractivity contribution >= 4 is 11.6 Å². The molecule has 2 heteroatoms. The van der Waals surface area contributed by atoms with E-state index in [1.54, 1.807) is 0 Å². The molecular formula is C12H16ClN. The van der Waals surface area contributed by atoms with E-state index in [4.69, 9.17) is 11.6 Å². The smallest absolute Gasteiger partial charge is 0.0453 e. The van der Waals surface area contributed by atoms with Crippen molar-refractivity contribution in [2.24, 2.45) is 5.92 Å². The van der Waals surface area contributed by atoms with Gasteiger partial charge in [-0.25, -0.2) is 0 Å². The van der Waals surface area contributed by atoms with Crippen LogP contribution in [0.2, 0.25) is 5.02 Å². The van der Waals surface area contributed by atoms with Gasteiger partial charge >= 0.3 is 0 Å². The van der Waals surface area contributed by atoms with Crippen LogP contribution in [0.4, 0.5) is 0 Å². The summed E-state index contributed by atoms with van der Waals surface area (Å²) >= 11 is 6.13. The van der Waals surface area contributed by atoms with Gasteiger partial charge in [0, 0.05) is 17.6 Å². The zero-order chi connectivity index (χ0) is 10.1. The minimum absolute atomic E-state index is 0.715. The second-order valence-corrected chi connectivity index (χ2v) is 4.70. The Morgan fingerprint density at radius 1 is 1.50 bits per heavy atom. The molecule has 0 aliphatic heterocycles. The van der Waals surface area contributed by atoms with E-state index in [9.17, 15) is 0 Å². The molecule has 0 saturated heterocycles.